The summed E-state index contributed by atoms with van der Waals surface area (Å²) in [5, 5.41) is 11.0. The number of thiazole rings is 1. The fourth-order valence-electron chi connectivity index (χ4n) is 6.58. The highest BCUT2D eigenvalue weighted by Gasteiger charge is 2.70. The molecule has 2 saturated carbocycles. The van der Waals surface area contributed by atoms with Gasteiger partial charge < -0.3 is 10.1 Å². The Morgan fingerprint density at radius 3 is 2.47 bits per heavy atom. The van der Waals surface area contributed by atoms with Gasteiger partial charge in [0.05, 0.1) is 16.9 Å². The van der Waals surface area contributed by atoms with Crippen molar-refractivity contribution in [1.29, 1.82) is 0 Å². The van der Waals surface area contributed by atoms with Crippen LogP contribution in [0.2, 0.25) is 5.02 Å². The Morgan fingerprint density at radius 2 is 1.81 bits per heavy atom. The van der Waals surface area contributed by atoms with Crippen LogP contribution in [0.1, 0.15) is 29.7 Å². The van der Waals surface area contributed by atoms with Crippen molar-refractivity contribution in [2.45, 2.75) is 35.6 Å². The molecular weight excluding hydrogens is 472 g/mol. The fraction of sp³-hybridized carbons (Fsp3) is 0.455. The summed E-state index contributed by atoms with van der Waals surface area (Å²) < 4.78 is 0. The van der Waals surface area contributed by atoms with Crippen LogP contribution in [0.4, 0.5) is 0 Å². The molecule has 2 amide bonds. The summed E-state index contributed by atoms with van der Waals surface area (Å²) in [7, 11) is 0. The molecule has 2 aromatic rings. The summed E-state index contributed by atoms with van der Waals surface area (Å²) in [6.45, 7) is 1.39. The number of H-pyrrole nitrogens is 1. The van der Waals surface area contributed by atoms with Crippen LogP contribution in [0, 0.1) is 29.6 Å². The molecule has 1 aromatic carbocycles. The van der Waals surface area contributed by atoms with E-state index >= 15 is 0 Å². The summed E-state index contributed by atoms with van der Waals surface area (Å²) in [6, 6.07) is 6.44. The van der Waals surface area contributed by atoms with Gasteiger partial charge in [-0.3, -0.25) is 19.3 Å². The number of carbonyl (C=O) groups excluding carboxylic acids is 2. The molecule has 166 valence electrons. The first kappa shape index (κ1) is 20.5. The van der Waals surface area contributed by atoms with E-state index in [4.69, 9.17) is 11.6 Å². The molecule has 2 N–H and O–H groups in total. The number of fused-ring (bicyclic) bond motifs is 9. The molecule has 2 aliphatic carbocycles. The van der Waals surface area contributed by atoms with Crippen molar-refractivity contribution in [3.05, 3.63) is 49.4 Å². The third kappa shape index (κ3) is 2.61. The molecule has 3 heterocycles. The van der Waals surface area contributed by atoms with Crippen LogP contribution in [0.5, 0.6) is 0 Å². The minimum atomic E-state index is -1.18. The van der Waals surface area contributed by atoms with Crippen molar-refractivity contribution < 1.29 is 19.5 Å². The zero-order valence-corrected chi connectivity index (χ0v) is 19.2. The predicted octanol–water partition coefficient (Wildman–Crippen LogP) is 3.04. The average molecular weight is 491 g/mol. The topological polar surface area (TPSA) is 108 Å². The van der Waals surface area contributed by atoms with Crippen molar-refractivity contribution in [2.75, 3.05) is 0 Å². The quantitative estimate of drug-likeness (QED) is 0.640. The second kappa shape index (κ2) is 6.95. The third-order valence-corrected chi connectivity index (χ3v) is 10.6. The van der Waals surface area contributed by atoms with Gasteiger partial charge in [0.25, 0.3) is 0 Å². The highest BCUT2D eigenvalue weighted by Crippen LogP contribution is 2.68. The number of aliphatic carboxylic acids is 1. The van der Waals surface area contributed by atoms with E-state index in [1.54, 1.807) is 11.8 Å². The number of hydrogen-bond acceptors (Lipinski definition) is 6. The summed E-state index contributed by atoms with van der Waals surface area (Å²) in [6.07, 6.45) is 0.772. The van der Waals surface area contributed by atoms with Gasteiger partial charge in [-0.25, -0.2) is 4.79 Å². The second-order valence-electron chi connectivity index (χ2n) is 9.07. The molecule has 0 spiro atoms. The van der Waals surface area contributed by atoms with Gasteiger partial charge >= 0.3 is 10.8 Å². The van der Waals surface area contributed by atoms with Crippen LogP contribution in [0.3, 0.4) is 0 Å². The molecule has 7 nitrogen and oxygen atoms in total. The van der Waals surface area contributed by atoms with Crippen molar-refractivity contribution >= 4 is 52.5 Å². The van der Waals surface area contributed by atoms with E-state index in [0.717, 1.165) is 26.8 Å². The summed E-state index contributed by atoms with van der Waals surface area (Å²) >= 11 is 8.93. The SMILES string of the molecule is C[C@@H](C(=O)O)N1C(=O)[C@@H]2[C@@H]3C[C@@H]([C@H]4Sc5[nH]c(=O)sc5[C@H](c5ccc(Cl)cc5)[C@@H]34)[C@@H]2C1=O. The first-order chi connectivity index (χ1) is 15.3. The number of carboxylic acids is 1. The van der Waals surface area contributed by atoms with Gasteiger partial charge in [-0.1, -0.05) is 35.1 Å². The van der Waals surface area contributed by atoms with Gasteiger partial charge in [-0.2, -0.15) is 0 Å². The number of amides is 2. The number of nitrogens with zero attached hydrogens (tertiary/aromatic N) is 1. The molecule has 1 aromatic heterocycles. The third-order valence-electron chi connectivity index (χ3n) is 7.73. The Bertz CT molecular complexity index is 1220. The fourth-order valence-corrected chi connectivity index (χ4v) is 9.59. The summed E-state index contributed by atoms with van der Waals surface area (Å²) in [5.41, 5.74) is 1.04. The Kier molecular flexibility index (Phi) is 4.45. The molecule has 4 aliphatic rings. The van der Waals surface area contributed by atoms with E-state index in [1.807, 2.05) is 24.3 Å². The lowest BCUT2D eigenvalue weighted by Gasteiger charge is -2.43. The largest absolute Gasteiger partial charge is 0.480 e. The first-order valence-corrected chi connectivity index (χ1v) is 12.6. The van der Waals surface area contributed by atoms with E-state index in [2.05, 4.69) is 4.98 Å². The number of likely N-dealkylation sites (tertiary alicyclic amines) is 1. The lowest BCUT2D eigenvalue weighted by Crippen LogP contribution is -2.44. The summed E-state index contributed by atoms with van der Waals surface area (Å²) in [5.74, 6) is -2.87. The van der Waals surface area contributed by atoms with Crippen molar-refractivity contribution in [3.63, 3.8) is 0 Å². The highest BCUT2D eigenvalue weighted by atomic mass is 35.5. The van der Waals surface area contributed by atoms with Gasteiger partial charge in [0, 0.05) is 21.1 Å². The smallest absolute Gasteiger partial charge is 0.326 e. The molecule has 2 bridgehead atoms. The van der Waals surface area contributed by atoms with Gasteiger partial charge in [0.2, 0.25) is 11.8 Å². The average Bonchev–Trinajstić information content (AvgIpc) is 3.47. The van der Waals surface area contributed by atoms with Crippen LogP contribution in [0.15, 0.2) is 34.1 Å². The van der Waals surface area contributed by atoms with Crippen molar-refractivity contribution in [3.8, 4) is 0 Å². The van der Waals surface area contributed by atoms with Gasteiger partial charge in [-0.15, -0.1) is 11.8 Å². The number of nitrogens with one attached hydrogen (secondary N) is 1. The molecule has 1 saturated heterocycles. The van der Waals surface area contributed by atoms with Gasteiger partial charge in [-0.05, 0) is 48.8 Å². The molecule has 0 unspecified atom stereocenters. The number of thioether (sulfide) groups is 1. The van der Waals surface area contributed by atoms with E-state index < -0.39 is 23.8 Å². The Labute approximate surface area is 196 Å². The number of imide groups is 1. The molecule has 0 radical (unpaired) electrons. The van der Waals surface area contributed by atoms with Crippen LogP contribution in [-0.4, -0.2) is 44.1 Å². The molecule has 2 aliphatic heterocycles. The number of rotatable bonds is 3. The predicted molar refractivity (Wildman–Crippen MR) is 119 cm³/mol. The number of benzene rings is 1. The second-order valence-corrected chi connectivity index (χ2v) is 11.7. The number of hydrogen-bond donors (Lipinski definition) is 2. The van der Waals surface area contributed by atoms with Gasteiger partial charge in [0.15, 0.2) is 0 Å². The lowest BCUT2D eigenvalue weighted by molar-refractivity contribution is -0.154. The number of aromatic amines is 1. The minimum Gasteiger partial charge on any atom is -0.480 e. The van der Waals surface area contributed by atoms with Crippen LogP contribution < -0.4 is 4.87 Å². The Morgan fingerprint density at radius 1 is 1.16 bits per heavy atom. The Hall–Kier alpha value is -2.10. The first-order valence-electron chi connectivity index (χ1n) is 10.5. The molecule has 3 fully saturated rings. The van der Waals surface area contributed by atoms with Gasteiger partial charge in [0.1, 0.15) is 6.04 Å². The molecule has 10 heteroatoms. The Balaban J connectivity index is 1.45. The molecule has 32 heavy (non-hydrogen) atoms. The number of aromatic nitrogens is 1. The standard InChI is InChI=1S/C22H19ClN2O5S2/c1-7(21(28)29)25-19(26)14-10-6-11(15(14)20(25)27)16-13(10)12(8-2-4-9(23)5-3-8)17-18(31-16)24-22(30)32-17/h2-5,7,10-16H,6H2,1H3,(H,24,30)(H,28,29)/t7-,10+,11+,12+,13+,14+,15-,16+/m0/s1. The molecule has 6 rings (SSSR count). The molecule has 8 atom stereocenters. The number of carboxylic acid groups (broad SMARTS) is 1. The monoisotopic (exact) mass is 490 g/mol. The van der Waals surface area contributed by atoms with Crippen molar-refractivity contribution in [2.24, 2.45) is 29.6 Å². The number of halogens is 1. The number of carbonyl (C=O) groups is 3. The van der Waals surface area contributed by atoms with E-state index in [9.17, 15) is 24.3 Å². The van der Waals surface area contributed by atoms with Crippen LogP contribution in [0.25, 0.3) is 0 Å². The maximum Gasteiger partial charge on any atom is 0.326 e. The molecular formula is C22H19ClN2O5S2. The van der Waals surface area contributed by atoms with E-state index in [1.165, 1.54) is 18.3 Å². The van der Waals surface area contributed by atoms with E-state index in [-0.39, 0.29) is 45.6 Å². The van der Waals surface area contributed by atoms with Crippen LogP contribution >= 0.6 is 34.7 Å². The zero-order chi connectivity index (χ0) is 22.5. The van der Waals surface area contributed by atoms with E-state index in [0.29, 0.717) is 5.02 Å². The van der Waals surface area contributed by atoms with Crippen LogP contribution in [-0.2, 0) is 14.4 Å². The zero-order valence-electron chi connectivity index (χ0n) is 16.9. The lowest BCUT2D eigenvalue weighted by atomic mass is 9.68. The normalized spacial score (nSPS) is 35.6. The maximum absolute atomic E-state index is 13.3. The summed E-state index contributed by atoms with van der Waals surface area (Å²) in [4.78, 5) is 55.1. The highest BCUT2D eigenvalue weighted by molar-refractivity contribution is 8.00. The minimum absolute atomic E-state index is 0.0196. The van der Waals surface area contributed by atoms with Crippen molar-refractivity contribution in [1.82, 2.24) is 9.88 Å². The maximum atomic E-state index is 13.3.